The number of aryl methyl sites for hydroxylation is 1. The van der Waals surface area contributed by atoms with Crippen molar-refractivity contribution in [2.75, 3.05) is 6.54 Å². The van der Waals surface area contributed by atoms with E-state index in [-0.39, 0.29) is 6.04 Å². The number of thiophene rings is 1. The maximum atomic E-state index is 5.89. The van der Waals surface area contributed by atoms with Crippen LogP contribution < -0.4 is 5.32 Å². The Labute approximate surface area is 109 Å². The summed E-state index contributed by atoms with van der Waals surface area (Å²) in [6.45, 7) is 4.73. The van der Waals surface area contributed by atoms with Gasteiger partial charge in [0.05, 0.1) is 4.34 Å². The zero-order chi connectivity index (χ0) is 12.3. The highest BCUT2D eigenvalue weighted by Gasteiger charge is 2.08. The second-order valence-corrected chi connectivity index (χ2v) is 5.55. The van der Waals surface area contributed by atoms with Crippen LogP contribution in [0.5, 0.6) is 0 Å². The van der Waals surface area contributed by atoms with Crippen molar-refractivity contribution in [2.24, 2.45) is 0 Å². The largest absolute Gasteiger partial charge is 0.339 e. The Morgan fingerprint density at radius 1 is 1.53 bits per heavy atom. The Morgan fingerprint density at radius 3 is 2.94 bits per heavy atom. The Bertz CT molecular complexity index is 483. The van der Waals surface area contributed by atoms with Crippen LogP contribution >= 0.6 is 22.9 Å². The van der Waals surface area contributed by atoms with Gasteiger partial charge in [0.15, 0.2) is 5.82 Å². The highest BCUT2D eigenvalue weighted by molar-refractivity contribution is 7.16. The molecule has 0 spiro atoms. The van der Waals surface area contributed by atoms with Crippen LogP contribution in [0.3, 0.4) is 0 Å². The van der Waals surface area contributed by atoms with Crippen molar-refractivity contribution >= 4 is 22.9 Å². The first-order valence-corrected chi connectivity index (χ1v) is 6.62. The van der Waals surface area contributed by atoms with E-state index in [1.807, 2.05) is 19.1 Å². The first kappa shape index (κ1) is 12.5. The second-order valence-electron chi connectivity index (χ2n) is 3.80. The lowest BCUT2D eigenvalue weighted by Gasteiger charge is -2.10. The summed E-state index contributed by atoms with van der Waals surface area (Å²) >= 11 is 7.49. The molecule has 2 aromatic rings. The van der Waals surface area contributed by atoms with Crippen LogP contribution in [-0.4, -0.2) is 16.7 Å². The van der Waals surface area contributed by atoms with Gasteiger partial charge in [-0.1, -0.05) is 16.8 Å². The summed E-state index contributed by atoms with van der Waals surface area (Å²) < 4.78 is 5.86. The minimum absolute atomic E-state index is 0.288. The number of aromatic nitrogens is 2. The molecule has 0 aliphatic rings. The lowest BCUT2D eigenvalue weighted by Crippen LogP contribution is -2.20. The zero-order valence-electron chi connectivity index (χ0n) is 9.74. The molecule has 0 amide bonds. The number of rotatable bonds is 5. The molecule has 0 fully saturated rings. The van der Waals surface area contributed by atoms with Gasteiger partial charge < -0.3 is 9.84 Å². The summed E-state index contributed by atoms with van der Waals surface area (Å²) in [7, 11) is 0. The third kappa shape index (κ3) is 3.52. The molecule has 1 atom stereocenters. The molecule has 0 aliphatic heterocycles. The monoisotopic (exact) mass is 271 g/mol. The van der Waals surface area contributed by atoms with E-state index in [0.717, 1.165) is 17.3 Å². The average molecular weight is 272 g/mol. The van der Waals surface area contributed by atoms with Crippen LogP contribution in [0.2, 0.25) is 4.34 Å². The molecule has 6 heteroatoms. The van der Waals surface area contributed by atoms with Gasteiger partial charge in [-0.2, -0.15) is 4.98 Å². The molecular formula is C11H14ClN3OS. The molecule has 0 aliphatic carbocycles. The van der Waals surface area contributed by atoms with Gasteiger partial charge in [-0.05, 0) is 26.0 Å². The fourth-order valence-corrected chi connectivity index (χ4v) is 2.59. The van der Waals surface area contributed by atoms with E-state index in [4.69, 9.17) is 16.1 Å². The van der Waals surface area contributed by atoms with E-state index in [0.29, 0.717) is 11.7 Å². The van der Waals surface area contributed by atoms with Crippen LogP contribution in [0.1, 0.15) is 29.6 Å². The first-order chi connectivity index (χ1) is 8.15. The molecule has 2 aromatic heterocycles. The van der Waals surface area contributed by atoms with Crippen LogP contribution in [0.4, 0.5) is 0 Å². The normalized spacial score (nSPS) is 12.9. The third-order valence-electron chi connectivity index (χ3n) is 2.38. The Hall–Kier alpha value is -0.910. The standard InChI is InChI=1S/C11H14ClN3OS/c1-7(9-3-4-10(12)17-9)13-6-5-11-14-8(2)15-16-11/h3-4,7,13H,5-6H2,1-2H3. The lowest BCUT2D eigenvalue weighted by molar-refractivity contribution is 0.370. The van der Waals surface area contributed by atoms with Crippen LogP contribution in [0.15, 0.2) is 16.7 Å². The predicted octanol–water partition coefficient (Wildman–Crippen LogP) is 2.99. The Balaban J connectivity index is 1.78. The van der Waals surface area contributed by atoms with E-state index < -0.39 is 0 Å². The fraction of sp³-hybridized carbons (Fsp3) is 0.455. The number of hydrogen-bond donors (Lipinski definition) is 1. The molecule has 17 heavy (non-hydrogen) atoms. The maximum absolute atomic E-state index is 5.89. The number of halogens is 1. The van der Waals surface area contributed by atoms with E-state index >= 15 is 0 Å². The molecule has 4 nitrogen and oxygen atoms in total. The summed E-state index contributed by atoms with van der Waals surface area (Å²) in [5, 5.41) is 7.14. The van der Waals surface area contributed by atoms with E-state index in [1.54, 1.807) is 11.3 Å². The van der Waals surface area contributed by atoms with Crippen LogP contribution in [0.25, 0.3) is 0 Å². The van der Waals surface area contributed by atoms with Gasteiger partial charge in [-0.15, -0.1) is 11.3 Å². The molecule has 0 saturated carbocycles. The van der Waals surface area contributed by atoms with E-state index in [9.17, 15) is 0 Å². The smallest absolute Gasteiger partial charge is 0.227 e. The number of nitrogens with one attached hydrogen (secondary N) is 1. The van der Waals surface area contributed by atoms with Crippen molar-refractivity contribution in [3.05, 3.63) is 33.1 Å². The molecule has 1 N–H and O–H groups in total. The van der Waals surface area contributed by atoms with E-state index in [1.165, 1.54) is 4.88 Å². The fourth-order valence-electron chi connectivity index (χ4n) is 1.50. The van der Waals surface area contributed by atoms with Gasteiger partial charge in [-0.3, -0.25) is 0 Å². The van der Waals surface area contributed by atoms with Gasteiger partial charge >= 0.3 is 0 Å². The van der Waals surface area contributed by atoms with Crippen molar-refractivity contribution in [1.29, 1.82) is 0 Å². The molecule has 0 radical (unpaired) electrons. The van der Waals surface area contributed by atoms with Crippen molar-refractivity contribution in [1.82, 2.24) is 15.5 Å². The van der Waals surface area contributed by atoms with Crippen molar-refractivity contribution in [3.8, 4) is 0 Å². The Kier molecular flexibility index (Phi) is 4.15. The highest BCUT2D eigenvalue weighted by Crippen LogP contribution is 2.26. The van der Waals surface area contributed by atoms with Gasteiger partial charge in [0, 0.05) is 23.9 Å². The summed E-state index contributed by atoms with van der Waals surface area (Å²) in [5.41, 5.74) is 0. The van der Waals surface area contributed by atoms with Crippen LogP contribution in [0, 0.1) is 6.92 Å². The summed E-state index contributed by atoms with van der Waals surface area (Å²) in [6.07, 6.45) is 0.740. The number of nitrogens with zero attached hydrogens (tertiary/aromatic N) is 2. The highest BCUT2D eigenvalue weighted by atomic mass is 35.5. The molecular weight excluding hydrogens is 258 g/mol. The second kappa shape index (κ2) is 5.62. The summed E-state index contributed by atoms with van der Waals surface area (Å²) in [6, 6.07) is 4.25. The van der Waals surface area contributed by atoms with Crippen molar-refractivity contribution in [2.45, 2.75) is 26.3 Å². The minimum atomic E-state index is 0.288. The molecule has 0 saturated heterocycles. The quantitative estimate of drug-likeness (QED) is 0.908. The average Bonchev–Trinajstić information content (AvgIpc) is 2.88. The first-order valence-electron chi connectivity index (χ1n) is 5.43. The van der Waals surface area contributed by atoms with Crippen LogP contribution in [-0.2, 0) is 6.42 Å². The summed E-state index contributed by atoms with van der Waals surface area (Å²) in [5.74, 6) is 1.35. The zero-order valence-corrected chi connectivity index (χ0v) is 11.3. The molecule has 2 rings (SSSR count). The van der Waals surface area contributed by atoms with Gasteiger partial charge in [-0.25, -0.2) is 0 Å². The molecule has 1 unspecified atom stereocenters. The van der Waals surface area contributed by atoms with E-state index in [2.05, 4.69) is 22.4 Å². The lowest BCUT2D eigenvalue weighted by atomic mass is 10.2. The summed E-state index contributed by atoms with van der Waals surface area (Å²) in [4.78, 5) is 5.38. The maximum Gasteiger partial charge on any atom is 0.227 e. The molecule has 2 heterocycles. The predicted molar refractivity (Wildman–Crippen MR) is 68.5 cm³/mol. The molecule has 92 valence electrons. The minimum Gasteiger partial charge on any atom is -0.339 e. The molecule has 0 bridgehead atoms. The van der Waals surface area contributed by atoms with Gasteiger partial charge in [0.25, 0.3) is 0 Å². The molecule has 0 aromatic carbocycles. The SMILES string of the molecule is Cc1noc(CCNC(C)c2ccc(Cl)s2)n1. The van der Waals surface area contributed by atoms with Crippen molar-refractivity contribution in [3.63, 3.8) is 0 Å². The van der Waals surface area contributed by atoms with Gasteiger partial charge in [0.1, 0.15) is 0 Å². The van der Waals surface area contributed by atoms with Crippen molar-refractivity contribution < 1.29 is 4.52 Å². The third-order valence-corrected chi connectivity index (χ3v) is 3.79. The van der Waals surface area contributed by atoms with Gasteiger partial charge in [0.2, 0.25) is 5.89 Å². The number of hydrogen-bond acceptors (Lipinski definition) is 5. The topological polar surface area (TPSA) is 51.0 Å². The Morgan fingerprint density at radius 2 is 2.35 bits per heavy atom.